The Labute approximate surface area is 138 Å². The van der Waals surface area contributed by atoms with Gasteiger partial charge in [-0.1, -0.05) is 12.1 Å². The van der Waals surface area contributed by atoms with Gasteiger partial charge in [0.05, 0.1) is 0 Å². The van der Waals surface area contributed by atoms with Crippen molar-refractivity contribution in [2.45, 2.75) is 45.1 Å². The van der Waals surface area contributed by atoms with E-state index < -0.39 is 0 Å². The molecule has 0 unspecified atom stereocenters. The largest absolute Gasteiger partial charge is 0.338 e. The van der Waals surface area contributed by atoms with Crippen LogP contribution in [-0.4, -0.2) is 30.4 Å². The van der Waals surface area contributed by atoms with Crippen molar-refractivity contribution in [3.8, 4) is 0 Å². The molecule has 0 aromatic heterocycles. The van der Waals surface area contributed by atoms with E-state index in [9.17, 15) is 9.18 Å². The Kier molecular flexibility index (Phi) is 5.65. The summed E-state index contributed by atoms with van der Waals surface area (Å²) in [7, 11) is 0. The molecule has 1 saturated heterocycles. The van der Waals surface area contributed by atoms with E-state index in [0.717, 1.165) is 31.6 Å². The van der Waals surface area contributed by atoms with Gasteiger partial charge in [-0.2, -0.15) is 0 Å². The van der Waals surface area contributed by atoms with Crippen LogP contribution in [0.15, 0.2) is 24.3 Å². The number of nitrogens with zero attached hydrogens (tertiary/aromatic N) is 1. The van der Waals surface area contributed by atoms with Crippen LogP contribution in [0.5, 0.6) is 0 Å². The first-order chi connectivity index (χ1) is 11.2. The average molecular weight is 318 g/mol. The van der Waals surface area contributed by atoms with Crippen molar-refractivity contribution in [3.05, 3.63) is 35.6 Å². The van der Waals surface area contributed by atoms with Gasteiger partial charge in [0.25, 0.3) is 0 Å². The maximum Gasteiger partial charge on any atom is 0.222 e. The van der Waals surface area contributed by atoms with Crippen LogP contribution in [-0.2, 0) is 11.3 Å². The zero-order valence-electron chi connectivity index (χ0n) is 13.8. The summed E-state index contributed by atoms with van der Waals surface area (Å²) in [6.45, 7) is 3.64. The van der Waals surface area contributed by atoms with Crippen LogP contribution >= 0.6 is 0 Å². The summed E-state index contributed by atoms with van der Waals surface area (Å²) in [6, 6.07) is 6.53. The fourth-order valence-electron chi connectivity index (χ4n) is 3.33. The molecule has 2 aliphatic rings. The smallest absolute Gasteiger partial charge is 0.222 e. The number of carbonyl (C=O) groups is 1. The van der Waals surface area contributed by atoms with Gasteiger partial charge in [-0.05, 0) is 74.7 Å². The number of rotatable bonds is 7. The van der Waals surface area contributed by atoms with Crippen molar-refractivity contribution in [2.75, 3.05) is 19.6 Å². The predicted molar refractivity (Wildman–Crippen MR) is 89.4 cm³/mol. The predicted octanol–water partition coefficient (Wildman–Crippen LogP) is 3.34. The molecule has 1 aliphatic carbocycles. The molecule has 126 valence electrons. The maximum atomic E-state index is 13.0. The second-order valence-electron chi connectivity index (χ2n) is 7.08. The highest BCUT2D eigenvalue weighted by Crippen LogP contribution is 2.30. The Hall–Kier alpha value is -1.42. The quantitative estimate of drug-likeness (QED) is 0.836. The van der Waals surface area contributed by atoms with Crippen LogP contribution in [0.25, 0.3) is 0 Å². The minimum absolute atomic E-state index is 0.222. The van der Waals surface area contributed by atoms with Gasteiger partial charge in [0.2, 0.25) is 5.91 Å². The van der Waals surface area contributed by atoms with Gasteiger partial charge in [-0.3, -0.25) is 4.79 Å². The zero-order chi connectivity index (χ0) is 16.1. The molecule has 3 nitrogen and oxygen atoms in total. The minimum atomic E-state index is -0.222. The number of benzene rings is 1. The van der Waals surface area contributed by atoms with Gasteiger partial charge in [-0.25, -0.2) is 4.39 Å². The lowest BCUT2D eigenvalue weighted by Gasteiger charge is -2.26. The highest BCUT2D eigenvalue weighted by molar-refractivity contribution is 5.76. The number of hydrogen-bond donors (Lipinski definition) is 1. The standard InChI is InChI=1S/C19H27FN2O/c20-18-6-3-17(4-7-18)14-22(13-16-1-2-16)19(23)8-5-15-9-11-21-12-10-15/h3-4,6-7,15-16,21H,1-2,5,8-14H2. The summed E-state index contributed by atoms with van der Waals surface area (Å²) in [5.74, 6) is 1.41. The molecule has 1 aliphatic heterocycles. The molecule has 2 fully saturated rings. The second-order valence-corrected chi connectivity index (χ2v) is 7.08. The van der Waals surface area contributed by atoms with Gasteiger partial charge in [0.15, 0.2) is 0 Å². The molecule has 0 bridgehead atoms. The third-order valence-electron chi connectivity index (χ3n) is 5.04. The van der Waals surface area contributed by atoms with E-state index in [1.165, 1.54) is 37.8 Å². The topological polar surface area (TPSA) is 32.3 Å². The number of piperidine rings is 1. The summed E-state index contributed by atoms with van der Waals surface area (Å²) < 4.78 is 13.0. The zero-order valence-corrected chi connectivity index (χ0v) is 13.8. The van der Waals surface area contributed by atoms with E-state index in [0.29, 0.717) is 24.8 Å². The van der Waals surface area contributed by atoms with E-state index in [4.69, 9.17) is 0 Å². The van der Waals surface area contributed by atoms with Crippen LogP contribution in [0, 0.1) is 17.7 Å². The number of halogens is 1. The fourth-order valence-corrected chi connectivity index (χ4v) is 3.33. The van der Waals surface area contributed by atoms with Crippen molar-refractivity contribution in [1.82, 2.24) is 10.2 Å². The Morgan fingerprint density at radius 1 is 1.09 bits per heavy atom. The van der Waals surface area contributed by atoms with E-state index in [-0.39, 0.29) is 11.7 Å². The first kappa shape index (κ1) is 16.4. The molecular formula is C19H27FN2O. The Morgan fingerprint density at radius 3 is 2.43 bits per heavy atom. The van der Waals surface area contributed by atoms with Crippen LogP contribution in [0.1, 0.15) is 44.1 Å². The number of carbonyl (C=O) groups excluding carboxylic acids is 1. The van der Waals surface area contributed by atoms with Crippen LogP contribution in [0.3, 0.4) is 0 Å². The van der Waals surface area contributed by atoms with Crippen LogP contribution < -0.4 is 5.32 Å². The summed E-state index contributed by atoms with van der Waals surface area (Å²) in [5, 5.41) is 3.37. The van der Waals surface area contributed by atoms with Gasteiger partial charge in [0.1, 0.15) is 5.82 Å². The molecule has 1 aromatic rings. The first-order valence-corrected chi connectivity index (χ1v) is 8.93. The SMILES string of the molecule is O=C(CCC1CCNCC1)N(Cc1ccc(F)cc1)CC1CC1. The lowest BCUT2D eigenvalue weighted by atomic mass is 9.93. The van der Waals surface area contributed by atoms with E-state index in [1.54, 1.807) is 12.1 Å². The third kappa shape index (κ3) is 5.31. The number of hydrogen-bond acceptors (Lipinski definition) is 2. The van der Waals surface area contributed by atoms with Crippen molar-refractivity contribution in [3.63, 3.8) is 0 Å². The van der Waals surface area contributed by atoms with Crippen LogP contribution in [0.4, 0.5) is 4.39 Å². The normalized spacial score (nSPS) is 18.8. The number of nitrogens with one attached hydrogen (secondary N) is 1. The van der Waals surface area contributed by atoms with Gasteiger partial charge >= 0.3 is 0 Å². The monoisotopic (exact) mass is 318 g/mol. The Bertz CT molecular complexity index is 507. The molecule has 0 radical (unpaired) electrons. The summed E-state index contributed by atoms with van der Waals surface area (Å²) in [6.07, 6.45) is 6.51. The number of amides is 1. The third-order valence-corrected chi connectivity index (χ3v) is 5.04. The molecule has 1 amide bonds. The minimum Gasteiger partial charge on any atom is -0.338 e. The van der Waals surface area contributed by atoms with Gasteiger partial charge < -0.3 is 10.2 Å². The van der Waals surface area contributed by atoms with Crippen molar-refractivity contribution < 1.29 is 9.18 Å². The van der Waals surface area contributed by atoms with E-state index >= 15 is 0 Å². The van der Waals surface area contributed by atoms with Crippen molar-refractivity contribution >= 4 is 5.91 Å². The average Bonchev–Trinajstić information content (AvgIpc) is 3.39. The van der Waals surface area contributed by atoms with Crippen molar-refractivity contribution in [1.29, 1.82) is 0 Å². The molecule has 3 rings (SSSR count). The van der Waals surface area contributed by atoms with Crippen LogP contribution in [0.2, 0.25) is 0 Å². The van der Waals surface area contributed by atoms with Gasteiger partial charge in [-0.15, -0.1) is 0 Å². The second kappa shape index (κ2) is 7.91. The Balaban J connectivity index is 1.53. The molecule has 1 N–H and O–H groups in total. The van der Waals surface area contributed by atoms with E-state index in [1.807, 2.05) is 4.90 Å². The molecule has 23 heavy (non-hydrogen) atoms. The molecule has 1 aromatic carbocycles. The lowest BCUT2D eigenvalue weighted by molar-refractivity contribution is -0.132. The molecule has 1 saturated carbocycles. The molecule has 1 heterocycles. The van der Waals surface area contributed by atoms with Gasteiger partial charge in [0, 0.05) is 19.5 Å². The summed E-state index contributed by atoms with van der Waals surface area (Å²) in [4.78, 5) is 14.6. The highest BCUT2D eigenvalue weighted by Gasteiger charge is 2.27. The van der Waals surface area contributed by atoms with Crippen molar-refractivity contribution in [2.24, 2.45) is 11.8 Å². The Morgan fingerprint density at radius 2 is 1.78 bits per heavy atom. The lowest BCUT2D eigenvalue weighted by Crippen LogP contribution is -2.33. The fraction of sp³-hybridized carbons (Fsp3) is 0.632. The first-order valence-electron chi connectivity index (χ1n) is 8.93. The maximum absolute atomic E-state index is 13.0. The summed E-state index contributed by atoms with van der Waals surface area (Å²) >= 11 is 0. The molecule has 0 spiro atoms. The molecular weight excluding hydrogens is 291 g/mol. The molecule has 0 atom stereocenters. The summed E-state index contributed by atoms with van der Waals surface area (Å²) in [5.41, 5.74) is 1.02. The molecule has 4 heteroatoms. The highest BCUT2D eigenvalue weighted by atomic mass is 19.1. The van der Waals surface area contributed by atoms with E-state index in [2.05, 4.69) is 5.32 Å².